The monoisotopic (exact) mass is 371 g/mol. The quantitative estimate of drug-likeness (QED) is 0.542. The molecule has 0 saturated heterocycles. The second-order valence-electron chi connectivity index (χ2n) is 5.66. The molecule has 6 heteroatoms. The topological polar surface area (TPSA) is 39.7 Å². The molecule has 0 bridgehead atoms. The standard InChI is InChI=1S/C21H19F2NO3/c1-2-25-20-5-3-4-17(13-20)24-27-19-9-7-18(8-10-19)26-14-15-12-16(22)6-11-21(15)23/h3-13,24H,2,14H2,1H3. The summed E-state index contributed by atoms with van der Waals surface area (Å²) < 4.78 is 37.7. The van der Waals surface area contributed by atoms with Crippen molar-refractivity contribution < 1.29 is 23.1 Å². The fourth-order valence-electron chi connectivity index (χ4n) is 2.35. The van der Waals surface area contributed by atoms with E-state index in [9.17, 15) is 8.78 Å². The predicted molar refractivity (Wildman–Crippen MR) is 99.0 cm³/mol. The van der Waals surface area contributed by atoms with Gasteiger partial charge in [0.05, 0.1) is 12.3 Å². The average Bonchev–Trinajstić information content (AvgIpc) is 2.68. The first-order valence-electron chi connectivity index (χ1n) is 8.46. The summed E-state index contributed by atoms with van der Waals surface area (Å²) in [6.07, 6.45) is 0. The Morgan fingerprint density at radius 3 is 2.37 bits per heavy atom. The van der Waals surface area contributed by atoms with Crippen molar-refractivity contribution >= 4 is 5.69 Å². The van der Waals surface area contributed by atoms with Crippen molar-refractivity contribution in [2.75, 3.05) is 12.1 Å². The van der Waals surface area contributed by atoms with Crippen LogP contribution in [0.1, 0.15) is 12.5 Å². The van der Waals surface area contributed by atoms with Crippen LogP contribution in [-0.2, 0) is 6.61 Å². The highest BCUT2D eigenvalue weighted by Crippen LogP contribution is 2.22. The molecule has 3 aromatic rings. The summed E-state index contributed by atoms with van der Waals surface area (Å²) in [5, 5.41) is 0. The molecule has 0 amide bonds. The molecular formula is C21H19F2NO3. The summed E-state index contributed by atoms with van der Waals surface area (Å²) >= 11 is 0. The van der Waals surface area contributed by atoms with Crippen molar-refractivity contribution in [3.63, 3.8) is 0 Å². The number of hydrogen-bond donors (Lipinski definition) is 1. The van der Waals surface area contributed by atoms with Gasteiger partial charge in [-0.15, -0.1) is 0 Å². The zero-order chi connectivity index (χ0) is 19.1. The first-order chi connectivity index (χ1) is 13.1. The predicted octanol–water partition coefficient (Wildman–Crippen LogP) is 5.35. The number of benzene rings is 3. The Balaban J connectivity index is 1.54. The van der Waals surface area contributed by atoms with Gasteiger partial charge in [0.2, 0.25) is 0 Å². The lowest BCUT2D eigenvalue weighted by Crippen LogP contribution is -2.05. The van der Waals surface area contributed by atoms with E-state index in [1.807, 2.05) is 31.2 Å². The van der Waals surface area contributed by atoms with Crippen molar-refractivity contribution in [3.8, 4) is 17.2 Å². The maximum Gasteiger partial charge on any atom is 0.155 e. The first-order valence-corrected chi connectivity index (χ1v) is 8.46. The maximum absolute atomic E-state index is 13.6. The minimum atomic E-state index is -0.505. The Hall–Kier alpha value is -3.28. The number of anilines is 1. The molecule has 0 aromatic heterocycles. The molecule has 0 unspecified atom stereocenters. The Bertz CT molecular complexity index is 885. The number of rotatable bonds is 8. The van der Waals surface area contributed by atoms with Crippen LogP contribution in [0, 0.1) is 11.6 Å². The molecule has 3 aromatic carbocycles. The van der Waals surface area contributed by atoms with E-state index in [0.717, 1.165) is 29.6 Å². The number of ether oxygens (including phenoxy) is 2. The van der Waals surface area contributed by atoms with Crippen molar-refractivity contribution in [1.82, 2.24) is 0 Å². The highest BCUT2D eigenvalue weighted by Gasteiger charge is 2.05. The highest BCUT2D eigenvalue weighted by atomic mass is 19.1. The normalized spacial score (nSPS) is 10.3. The number of hydrogen-bond acceptors (Lipinski definition) is 4. The van der Waals surface area contributed by atoms with Crippen molar-refractivity contribution in [2.45, 2.75) is 13.5 Å². The Kier molecular flexibility index (Phi) is 6.10. The molecule has 140 valence electrons. The van der Waals surface area contributed by atoms with Gasteiger partial charge in [0.15, 0.2) is 5.75 Å². The van der Waals surface area contributed by atoms with Crippen LogP contribution in [-0.4, -0.2) is 6.61 Å². The third-order valence-corrected chi connectivity index (χ3v) is 3.66. The molecule has 4 nitrogen and oxygen atoms in total. The third kappa shape index (κ3) is 5.34. The lowest BCUT2D eigenvalue weighted by molar-refractivity contribution is 0.298. The summed E-state index contributed by atoms with van der Waals surface area (Å²) in [7, 11) is 0. The Labute approximate surface area is 156 Å². The molecule has 0 fully saturated rings. The van der Waals surface area contributed by atoms with Gasteiger partial charge in [-0.05, 0) is 61.5 Å². The van der Waals surface area contributed by atoms with Crippen LogP contribution in [0.5, 0.6) is 17.2 Å². The molecule has 0 aliphatic carbocycles. The van der Waals surface area contributed by atoms with Gasteiger partial charge in [0.1, 0.15) is 29.7 Å². The SMILES string of the molecule is CCOc1cccc(NOc2ccc(OCc3cc(F)ccc3F)cc2)c1. The molecule has 0 saturated carbocycles. The van der Waals surface area contributed by atoms with Crippen molar-refractivity contribution in [1.29, 1.82) is 0 Å². The Morgan fingerprint density at radius 1 is 0.815 bits per heavy atom. The Morgan fingerprint density at radius 2 is 1.59 bits per heavy atom. The lowest BCUT2D eigenvalue weighted by Gasteiger charge is -2.11. The summed E-state index contributed by atoms with van der Waals surface area (Å²) in [6.45, 7) is 2.44. The molecular weight excluding hydrogens is 352 g/mol. The molecule has 1 N–H and O–H groups in total. The second-order valence-corrected chi connectivity index (χ2v) is 5.66. The van der Waals surface area contributed by atoms with Gasteiger partial charge in [0.25, 0.3) is 0 Å². The van der Waals surface area contributed by atoms with E-state index >= 15 is 0 Å². The minimum absolute atomic E-state index is 0.0632. The molecule has 0 aliphatic heterocycles. The molecule has 0 aliphatic rings. The van der Waals surface area contributed by atoms with E-state index in [1.54, 1.807) is 24.3 Å². The van der Waals surface area contributed by atoms with Crippen molar-refractivity contribution in [2.24, 2.45) is 0 Å². The van der Waals surface area contributed by atoms with Crippen LogP contribution in [0.3, 0.4) is 0 Å². The van der Waals surface area contributed by atoms with Crippen LogP contribution in [0.4, 0.5) is 14.5 Å². The van der Waals surface area contributed by atoms with Gasteiger partial charge in [-0.25, -0.2) is 14.3 Å². The first kappa shape index (κ1) is 18.5. The molecule has 3 rings (SSSR count). The third-order valence-electron chi connectivity index (χ3n) is 3.66. The van der Waals surface area contributed by atoms with E-state index in [-0.39, 0.29) is 12.2 Å². The maximum atomic E-state index is 13.6. The van der Waals surface area contributed by atoms with Crippen LogP contribution >= 0.6 is 0 Å². The van der Waals surface area contributed by atoms with Gasteiger partial charge >= 0.3 is 0 Å². The largest absolute Gasteiger partial charge is 0.494 e. The lowest BCUT2D eigenvalue weighted by atomic mass is 10.2. The highest BCUT2D eigenvalue weighted by molar-refractivity contribution is 5.47. The summed E-state index contributed by atoms with van der Waals surface area (Å²) in [5.41, 5.74) is 3.75. The summed E-state index contributed by atoms with van der Waals surface area (Å²) in [4.78, 5) is 5.51. The number of nitrogens with one attached hydrogen (secondary N) is 1. The van der Waals surface area contributed by atoms with Gasteiger partial charge in [0, 0.05) is 11.6 Å². The smallest absolute Gasteiger partial charge is 0.155 e. The molecule has 0 heterocycles. The van der Waals surface area contributed by atoms with E-state index in [1.165, 1.54) is 0 Å². The zero-order valence-electron chi connectivity index (χ0n) is 14.7. The van der Waals surface area contributed by atoms with E-state index < -0.39 is 11.6 Å². The van der Waals surface area contributed by atoms with Crippen LogP contribution in [0.2, 0.25) is 0 Å². The average molecular weight is 371 g/mol. The zero-order valence-corrected chi connectivity index (χ0v) is 14.7. The second kappa shape index (κ2) is 8.89. The number of halogens is 2. The molecule has 0 atom stereocenters. The van der Waals surface area contributed by atoms with Gasteiger partial charge in [-0.1, -0.05) is 6.07 Å². The van der Waals surface area contributed by atoms with Gasteiger partial charge in [-0.3, -0.25) is 0 Å². The fourth-order valence-corrected chi connectivity index (χ4v) is 2.35. The fraction of sp³-hybridized carbons (Fsp3) is 0.143. The van der Waals surface area contributed by atoms with E-state index in [2.05, 4.69) is 5.48 Å². The summed E-state index contributed by atoms with van der Waals surface area (Å²) in [5.74, 6) is 0.831. The van der Waals surface area contributed by atoms with E-state index in [0.29, 0.717) is 18.1 Å². The van der Waals surface area contributed by atoms with Crippen molar-refractivity contribution in [3.05, 3.63) is 83.9 Å². The van der Waals surface area contributed by atoms with Crippen LogP contribution in [0.25, 0.3) is 0 Å². The van der Waals surface area contributed by atoms with Crippen LogP contribution < -0.4 is 19.8 Å². The molecule has 27 heavy (non-hydrogen) atoms. The van der Waals surface area contributed by atoms with Gasteiger partial charge in [-0.2, -0.15) is 0 Å². The van der Waals surface area contributed by atoms with E-state index in [4.69, 9.17) is 14.3 Å². The minimum Gasteiger partial charge on any atom is -0.494 e. The summed E-state index contributed by atoms with van der Waals surface area (Å²) in [6, 6.07) is 17.5. The molecule has 0 spiro atoms. The van der Waals surface area contributed by atoms with Crippen LogP contribution in [0.15, 0.2) is 66.7 Å². The molecule has 0 radical (unpaired) electrons. The van der Waals surface area contributed by atoms with Gasteiger partial charge < -0.3 is 14.3 Å².